The summed E-state index contributed by atoms with van der Waals surface area (Å²) in [5, 5.41) is 0. The van der Waals surface area contributed by atoms with E-state index in [1.807, 2.05) is 38.1 Å². The van der Waals surface area contributed by atoms with Crippen molar-refractivity contribution in [2.75, 3.05) is 66.2 Å². The lowest BCUT2D eigenvalue weighted by atomic mass is 9.99. The van der Waals surface area contributed by atoms with Crippen LogP contribution in [0.25, 0.3) is 0 Å². The summed E-state index contributed by atoms with van der Waals surface area (Å²) in [6, 6.07) is 7.59. The molecule has 0 fully saturated rings. The van der Waals surface area contributed by atoms with Gasteiger partial charge in [0.2, 0.25) is 15.9 Å². The Morgan fingerprint density at radius 3 is 1.51 bits per heavy atom. The quantitative estimate of drug-likeness (QED) is 0.365. The highest BCUT2D eigenvalue weighted by Gasteiger charge is 2.24. The Bertz CT molecular complexity index is 1290. The number of nitrogens with zero attached hydrogens (tertiary/aromatic N) is 3. The standard InChI is InChI=1S/C12H13NO2.C5H11NO.C4H11NO2S.C4H8O2.C4H8O.C3H8O2S/c1-9(14)8-13-7-6-10-4-2-3-5-11(10)12(13)15;1-4-5(7)6(2)3;1-4-8(6,7)5(2)3;1-3-4(5)6-2;1-3-4(2)5;1-3-6(2,4)5/h2-5H,6-8H2,1H3;4H2,1-3H3;4H2,1-3H3;3H2,1-2H3;3H2,1-2H3;3H2,1-2H3. The van der Waals surface area contributed by atoms with Gasteiger partial charge in [-0.3, -0.25) is 19.2 Å². The smallest absolute Gasteiger partial charge is 0.305 e. The Balaban J connectivity index is -0.000000251. The number of ketones is 2. The van der Waals surface area contributed by atoms with Crippen molar-refractivity contribution < 1.29 is 45.5 Å². The molecule has 1 aromatic carbocycles. The number of sulfonamides is 1. The third kappa shape index (κ3) is 29.9. The summed E-state index contributed by atoms with van der Waals surface area (Å²) in [7, 11) is 2.38. The van der Waals surface area contributed by atoms with Gasteiger partial charge in [0.1, 0.15) is 21.4 Å². The van der Waals surface area contributed by atoms with E-state index in [1.165, 1.54) is 38.7 Å². The van der Waals surface area contributed by atoms with E-state index in [0.29, 0.717) is 25.8 Å². The molecule has 0 unspecified atom stereocenters. The van der Waals surface area contributed by atoms with Crippen molar-refractivity contribution in [2.24, 2.45) is 0 Å². The van der Waals surface area contributed by atoms with Gasteiger partial charge in [0.05, 0.1) is 19.4 Å². The van der Waals surface area contributed by atoms with Crippen LogP contribution in [0.3, 0.4) is 0 Å². The first kappa shape index (κ1) is 50.7. The van der Waals surface area contributed by atoms with Crippen LogP contribution in [-0.4, -0.2) is 126 Å². The highest BCUT2D eigenvalue weighted by atomic mass is 32.2. The number of hydrogen-bond donors (Lipinski definition) is 0. The molecule has 0 saturated carbocycles. The number of Topliss-reactive ketones (excluding diaryl/α,β-unsaturated/α-hetero) is 2. The summed E-state index contributed by atoms with van der Waals surface area (Å²) in [5.41, 5.74) is 1.83. The Hall–Kier alpha value is -3.17. The normalized spacial score (nSPS) is 11.4. The fourth-order valence-corrected chi connectivity index (χ4v) is 3.13. The number of carbonyl (C=O) groups excluding carboxylic acids is 5. The van der Waals surface area contributed by atoms with Gasteiger partial charge in [-0.15, -0.1) is 0 Å². The first-order valence-electron chi connectivity index (χ1n) is 15.2. The van der Waals surface area contributed by atoms with Gasteiger partial charge >= 0.3 is 5.97 Å². The molecule has 0 atom stereocenters. The van der Waals surface area contributed by atoms with Crippen molar-refractivity contribution in [3.05, 3.63) is 35.4 Å². The van der Waals surface area contributed by atoms with Gasteiger partial charge in [-0.05, 0) is 38.8 Å². The molecular formula is C32H59N3O10S2. The third-order valence-electron chi connectivity index (χ3n) is 5.86. The SMILES string of the molecule is CC(=O)CN1CCc2ccccc2C1=O.CCC(=O)N(C)C.CCC(=O)OC.CCC(C)=O.CCS(=O)(=O)N(C)C.CCS(C)(=O)=O. The minimum atomic E-state index is -2.90. The molecule has 0 bridgehead atoms. The van der Waals surface area contributed by atoms with Gasteiger partial charge in [-0.25, -0.2) is 21.1 Å². The van der Waals surface area contributed by atoms with Gasteiger partial charge in [-0.1, -0.05) is 45.9 Å². The van der Waals surface area contributed by atoms with Crippen molar-refractivity contribution in [1.82, 2.24) is 14.1 Å². The number of fused-ring (bicyclic) bond motifs is 1. The summed E-state index contributed by atoms with van der Waals surface area (Å²) in [4.78, 5) is 56.3. The number of methoxy groups -OCH3 is 1. The van der Waals surface area contributed by atoms with Gasteiger partial charge in [-0.2, -0.15) is 0 Å². The number of hydrogen-bond acceptors (Lipinski definition) is 10. The number of carbonyl (C=O) groups is 5. The molecule has 47 heavy (non-hydrogen) atoms. The molecule has 0 saturated heterocycles. The molecule has 1 heterocycles. The monoisotopic (exact) mass is 709 g/mol. The number of rotatable bonds is 8. The second-order valence-electron chi connectivity index (χ2n) is 10.4. The molecular weight excluding hydrogens is 650 g/mol. The summed E-state index contributed by atoms with van der Waals surface area (Å²) in [6.45, 7) is 12.7. The van der Waals surface area contributed by atoms with Crippen LogP contribution in [0.5, 0.6) is 0 Å². The van der Waals surface area contributed by atoms with Crippen LogP contribution in [0.4, 0.5) is 0 Å². The molecule has 0 radical (unpaired) electrons. The van der Waals surface area contributed by atoms with Crippen LogP contribution in [0, 0.1) is 0 Å². The lowest BCUT2D eigenvalue weighted by molar-refractivity contribution is -0.140. The number of ether oxygens (including phenoxy) is 1. The zero-order chi connectivity index (χ0) is 38.0. The van der Waals surface area contributed by atoms with E-state index in [0.717, 1.165) is 17.5 Å². The minimum Gasteiger partial charge on any atom is -0.469 e. The van der Waals surface area contributed by atoms with Gasteiger partial charge in [0.15, 0.2) is 0 Å². The van der Waals surface area contributed by atoms with Gasteiger partial charge < -0.3 is 19.3 Å². The highest BCUT2D eigenvalue weighted by molar-refractivity contribution is 7.90. The van der Waals surface area contributed by atoms with E-state index in [9.17, 15) is 40.8 Å². The molecule has 15 heteroatoms. The average Bonchev–Trinajstić information content (AvgIpc) is 3.02. The van der Waals surface area contributed by atoms with Crippen LogP contribution in [0.1, 0.15) is 83.7 Å². The largest absolute Gasteiger partial charge is 0.469 e. The summed E-state index contributed by atoms with van der Waals surface area (Å²) in [5.74, 6) is 0.710. The predicted molar refractivity (Wildman–Crippen MR) is 188 cm³/mol. The molecule has 1 aliphatic rings. The molecule has 0 aromatic heterocycles. The molecule has 2 rings (SSSR count). The Labute approximate surface area is 284 Å². The van der Waals surface area contributed by atoms with E-state index in [-0.39, 0.29) is 47.4 Å². The summed E-state index contributed by atoms with van der Waals surface area (Å²) >= 11 is 0. The lowest BCUT2D eigenvalue weighted by Gasteiger charge is -2.27. The highest BCUT2D eigenvalue weighted by Crippen LogP contribution is 2.18. The van der Waals surface area contributed by atoms with Crippen LogP contribution in [-0.2, 0) is 50.2 Å². The van der Waals surface area contributed by atoms with E-state index in [1.54, 1.807) is 51.6 Å². The number of esters is 1. The van der Waals surface area contributed by atoms with Crippen LogP contribution in [0.15, 0.2) is 24.3 Å². The molecule has 0 N–H and O–H groups in total. The lowest BCUT2D eigenvalue weighted by Crippen LogP contribution is -2.40. The summed E-state index contributed by atoms with van der Waals surface area (Å²) in [6.07, 6.45) is 3.80. The van der Waals surface area contributed by atoms with Crippen LogP contribution < -0.4 is 0 Å². The van der Waals surface area contributed by atoms with Crippen LogP contribution in [0.2, 0.25) is 0 Å². The second-order valence-corrected chi connectivity index (χ2v) is 15.3. The zero-order valence-electron chi connectivity index (χ0n) is 30.7. The first-order valence-corrected chi connectivity index (χ1v) is 18.9. The van der Waals surface area contributed by atoms with Crippen molar-refractivity contribution in [2.45, 2.75) is 74.1 Å². The molecule has 0 aliphatic carbocycles. The first-order chi connectivity index (χ1) is 21.5. The maximum atomic E-state index is 11.9. The molecule has 13 nitrogen and oxygen atoms in total. The number of amides is 2. The van der Waals surface area contributed by atoms with Crippen molar-refractivity contribution in [3.8, 4) is 0 Å². The molecule has 1 aromatic rings. The third-order valence-corrected chi connectivity index (χ3v) is 8.75. The van der Waals surface area contributed by atoms with E-state index in [2.05, 4.69) is 4.74 Å². The predicted octanol–water partition coefficient (Wildman–Crippen LogP) is 3.26. The van der Waals surface area contributed by atoms with Gasteiger partial charge in [0, 0.05) is 71.6 Å². The molecule has 274 valence electrons. The molecule has 1 aliphatic heterocycles. The van der Waals surface area contributed by atoms with E-state index < -0.39 is 19.9 Å². The number of benzene rings is 1. The van der Waals surface area contributed by atoms with E-state index in [4.69, 9.17) is 0 Å². The fraction of sp³-hybridized carbons (Fsp3) is 0.656. The van der Waals surface area contributed by atoms with Gasteiger partial charge in [0.25, 0.3) is 5.91 Å². The van der Waals surface area contributed by atoms with E-state index >= 15 is 0 Å². The van der Waals surface area contributed by atoms with Crippen molar-refractivity contribution in [3.63, 3.8) is 0 Å². The fourth-order valence-electron chi connectivity index (χ4n) is 2.61. The summed E-state index contributed by atoms with van der Waals surface area (Å²) < 4.78 is 46.7. The molecule has 0 spiro atoms. The zero-order valence-corrected chi connectivity index (χ0v) is 32.3. The minimum absolute atomic E-state index is 0.0212. The topological polar surface area (TPSA) is 173 Å². The molecule has 2 amide bonds. The maximum Gasteiger partial charge on any atom is 0.305 e. The second kappa shape index (κ2) is 27.9. The Kier molecular flexibility index (Phi) is 30.1. The Morgan fingerprint density at radius 2 is 1.28 bits per heavy atom. The van der Waals surface area contributed by atoms with Crippen molar-refractivity contribution in [1.29, 1.82) is 0 Å². The van der Waals surface area contributed by atoms with Crippen molar-refractivity contribution >= 4 is 49.2 Å². The van der Waals surface area contributed by atoms with Crippen LogP contribution >= 0.6 is 0 Å². The Morgan fingerprint density at radius 1 is 0.809 bits per heavy atom. The number of sulfone groups is 1. The average molecular weight is 710 g/mol. The maximum absolute atomic E-state index is 11.9.